The summed E-state index contributed by atoms with van der Waals surface area (Å²) in [5, 5.41) is 9.59. The summed E-state index contributed by atoms with van der Waals surface area (Å²) in [6, 6.07) is 8.44. The highest BCUT2D eigenvalue weighted by Crippen LogP contribution is 2.24. The number of halogens is 1. The van der Waals surface area contributed by atoms with Crippen LogP contribution in [0.3, 0.4) is 0 Å². The van der Waals surface area contributed by atoms with E-state index in [1.165, 1.54) is 16.8 Å². The summed E-state index contributed by atoms with van der Waals surface area (Å²) in [4.78, 5) is 30.8. The Hall–Kier alpha value is -2.72. The van der Waals surface area contributed by atoms with E-state index in [2.05, 4.69) is 47.9 Å². The Morgan fingerprint density at radius 3 is 2.38 bits per heavy atom. The van der Waals surface area contributed by atoms with Crippen molar-refractivity contribution in [3.63, 3.8) is 0 Å². The molecule has 2 aliphatic heterocycles. The number of piperazine rings is 1. The number of hydrogen-bond acceptors (Lipinski definition) is 6. The van der Waals surface area contributed by atoms with E-state index >= 15 is 0 Å². The molecule has 174 valence electrons. The Kier molecular flexibility index (Phi) is 9.40. The van der Waals surface area contributed by atoms with Crippen LogP contribution >= 0.6 is 12.4 Å². The van der Waals surface area contributed by atoms with Gasteiger partial charge in [-0.3, -0.25) is 9.59 Å². The van der Waals surface area contributed by atoms with Crippen LogP contribution in [0.5, 0.6) is 0 Å². The van der Waals surface area contributed by atoms with Gasteiger partial charge in [0.2, 0.25) is 0 Å². The standard InChI is InChI=1S/C24H32N4O3.ClH/c1-4-31-24(30)20-8-10-28(11-9-20)23(29)21(16-25)17-26-12-14-27(15-13-26)22-7-5-6-18(2)19(22)3;/h5-7,17,20H,4,8-15H2,1-3H3;1H/b21-17-;. The molecule has 2 aliphatic rings. The summed E-state index contributed by atoms with van der Waals surface area (Å²) >= 11 is 0. The number of ether oxygens (including phenoxy) is 1. The van der Waals surface area contributed by atoms with Crippen molar-refractivity contribution < 1.29 is 14.3 Å². The second kappa shape index (κ2) is 11.8. The molecular formula is C24H33ClN4O3. The van der Waals surface area contributed by atoms with Crippen molar-refractivity contribution in [1.29, 1.82) is 5.26 Å². The Morgan fingerprint density at radius 1 is 1.12 bits per heavy atom. The largest absolute Gasteiger partial charge is 0.466 e. The van der Waals surface area contributed by atoms with E-state index in [0.717, 1.165) is 26.2 Å². The predicted molar refractivity (Wildman–Crippen MR) is 127 cm³/mol. The van der Waals surface area contributed by atoms with Crippen LogP contribution in [0.1, 0.15) is 30.9 Å². The van der Waals surface area contributed by atoms with Gasteiger partial charge in [-0.25, -0.2) is 0 Å². The highest BCUT2D eigenvalue weighted by Gasteiger charge is 2.30. The van der Waals surface area contributed by atoms with Gasteiger partial charge in [-0.1, -0.05) is 12.1 Å². The Labute approximate surface area is 197 Å². The van der Waals surface area contributed by atoms with Crippen LogP contribution < -0.4 is 4.90 Å². The van der Waals surface area contributed by atoms with Gasteiger partial charge in [-0.15, -0.1) is 12.4 Å². The molecule has 0 saturated carbocycles. The highest BCUT2D eigenvalue weighted by atomic mass is 35.5. The molecule has 2 fully saturated rings. The quantitative estimate of drug-likeness (QED) is 0.382. The van der Waals surface area contributed by atoms with Gasteiger partial charge in [0.25, 0.3) is 5.91 Å². The maximum Gasteiger partial charge on any atom is 0.309 e. The van der Waals surface area contributed by atoms with Crippen LogP contribution in [0.4, 0.5) is 5.69 Å². The zero-order valence-corrected chi connectivity index (χ0v) is 20.0. The third-order valence-corrected chi connectivity index (χ3v) is 6.30. The molecule has 0 bridgehead atoms. The van der Waals surface area contributed by atoms with Gasteiger partial charge < -0.3 is 19.4 Å². The molecule has 0 unspecified atom stereocenters. The van der Waals surface area contributed by atoms with Crippen molar-refractivity contribution in [2.45, 2.75) is 33.6 Å². The number of carbonyl (C=O) groups excluding carboxylic acids is 2. The fourth-order valence-electron chi connectivity index (χ4n) is 4.23. The number of rotatable bonds is 5. The van der Waals surface area contributed by atoms with Crippen LogP contribution in [-0.4, -0.2) is 67.6 Å². The normalized spacial score (nSPS) is 17.4. The van der Waals surface area contributed by atoms with Gasteiger partial charge in [0.15, 0.2) is 0 Å². The Morgan fingerprint density at radius 2 is 1.78 bits per heavy atom. The number of amides is 1. The van der Waals surface area contributed by atoms with E-state index in [-0.39, 0.29) is 35.8 Å². The lowest BCUT2D eigenvalue weighted by Gasteiger charge is -2.37. The fourth-order valence-corrected chi connectivity index (χ4v) is 4.23. The molecule has 32 heavy (non-hydrogen) atoms. The topological polar surface area (TPSA) is 76.9 Å². The summed E-state index contributed by atoms with van der Waals surface area (Å²) in [6.45, 7) is 10.6. The van der Waals surface area contributed by atoms with Crippen molar-refractivity contribution in [2.75, 3.05) is 50.8 Å². The summed E-state index contributed by atoms with van der Waals surface area (Å²) < 4.78 is 5.08. The van der Waals surface area contributed by atoms with E-state index in [1.807, 2.05) is 0 Å². The number of benzene rings is 1. The fraction of sp³-hybridized carbons (Fsp3) is 0.542. The number of hydrogen-bond donors (Lipinski definition) is 0. The van der Waals surface area contributed by atoms with Crippen LogP contribution in [0.15, 0.2) is 30.0 Å². The molecule has 0 aliphatic carbocycles. The lowest BCUT2D eigenvalue weighted by Crippen LogP contribution is -2.45. The molecule has 1 aromatic carbocycles. The maximum absolute atomic E-state index is 12.9. The van der Waals surface area contributed by atoms with Gasteiger partial charge >= 0.3 is 5.97 Å². The molecule has 0 N–H and O–H groups in total. The van der Waals surface area contributed by atoms with Crippen molar-refractivity contribution in [2.24, 2.45) is 5.92 Å². The molecule has 0 spiro atoms. The van der Waals surface area contributed by atoms with Crippen LogP contribution in [0, 0.1) is 31.1 Å². The first-order valence-electron chi connectivity index (χ1n) is 11.1. The number of nitriles is 1. The van der Waals surface area contributed by atoms with Crippen LogP contribution in [0.25, 0.3) is 0 Å². The number of likely N-dealkylation sites (tertiary alicyclic amines) is 1. The smallest absolute Gasteiger partial charge is 0.309 e. The Bertz CT molecular complexity index is 880. The van der Waals surface area contributed by atoms with Crippen molar-refractivity contribution in [3.8, 4) is 6.07 Å². The second-order valence-electron chi connectivity index (χ2n) is 8.22. The molecule has 0 aromatic heterocycles. The molecule has 1 aromatic rings. The molecule has 3 rings (SSSR count). The number of esters is 1. The molecule has 0 atom stereocenters. The van der Waals surface area contributed by atoms with Crippen molar-refractivity contribution in [1.82, 2.24) is 9.80 Å². The minimum atomic E-state index is -0.248. The van der Waals surface area contributed by atoms with Gasteiger partial charge in [0.05, 0.1) is 12.5 Å². The molecule has 1 amide bonds. The average Bonchev–Trinajstić information content (AvgIpc) is 2.79. The summed E-state index contributed by atoms with van der Waals surface area (Å²) in [6.07, 6.45) is 2.87. The lowest BCUT2D eigenvalue weighted by atomic mass is 9.96. The summed E-state index contributed by atoms with van der Waals surface area (Å²) in [5.41, 5.74) is 3.99. The van der Waals surface area contributed by atoms with E-state index in [4.69, 9.17) is 4.74 Å². The third kappa shape index (κ3) is 5.95. The number of anilines is 1. The van der Waals surface area contributed by atoms with Gasteiger partial charge in [0, 0.05) is 51.2 Å². The van der Waals surface area contributed by atoms with E-state index in [1.54, 1.807) is 18.0 Å². The van der Waals surface area contributed by atoms with E-state index in [9.17, 15) is 14.9 Å². The lowest BCUT2D eigenvalue weighted by molar-refractivity contribution is -0.150. The first-order chi connectivity index (χ1) is 14.9. The summed E-state index contributed by atoms with van der Waals surface area (Å²) in [5.74, 6) is -0.592. The van der Waals surface area contributed by atoms with Crippen molar-refractivity contribution >= 4 is 30.0 Å². The van der Waals surface area contributed by atoms with Crippen molar-refractivity contribution in [3.05, 3.63) is 41.1 Å². The molecule has 7 nitrogen and oxygen atoms in total. The number of aryl methyl sites for hydroxylation is 1. The molecule has 2 heterocycles. The first-order valence-corrected chi connectivity index (χ1v) is 11.1. The number of piperidine rings is 1. The molecular weight excluding hydrogens is 428 g/mol. The molecule has 8 heteroatoms. The van der Waals surface area contributed by atoms with Gasteiger partial charge in [-0.05, 0) is 50.8 Å². The summed E-state index contributed by atoms with van der Waals surface area (Å²) in [7, 11) is 0. The Balaban J connectivity index is 0.00000363. The minimum absolute atomic E-state index is 0. The molecule has 0 radical (unpaired) electrons. The molecule has 2 saturated heterocycles. The van der Waals surface area contributed by atoms with E-state index < -0.39 is 0 Å². The second-order valence-corrected chi connectivity index (χ2v) is 8.22. The SMILES string of the molecule is CCOC(=O)C1CCN(C(=O)/C(C#N)=C\N2CCN(c3cccc(C)c3C)CC2)CC1.Cl. The highest BCUT2D eigenvalue weighted by molar-refractivity contribution is 5.97. The van der Waals surface area contributed by atoms with Crippen LogP contribution in [0.2, 0.25) is 0 Å². The zero-order valence-electron chi connectivity index (χ0n) is 19.2. The monoisotopic (exact) mass is 460 g/mol. The van der Waals surface area contributed by atoms with E-state index in [0.29, 0.717) is 32.5 Å². The predicted octanol–water partition coefficient (Wildman–Crippen LogP) is 3.06. The maximum atomic E-state index is 12.9. The average molecular weight is 461 g/mol. The first kappa shape index (κ1) is 25.5. The van der Waals surface area contributed by atoms with Crippen LogP contribution in [-0.2, 0) is 14.3 Å². The number of nitrogens with zero attached hydrogens (tertiary/aromatic N) is 4. The number of carbonyl (C=O) groups is 2. The van der Waals surface area contributed by atoms with Gasteiger partial charge in [0.1, 0.15) is 11.6 Å². The van der Waals surface area contributed by atoms with Gasteiger partial charge in [-0.2, -0.15) is 5.26 Å². The zero-order chi connectivity index (χ0) is 22.4. The minimum Gasteiger partial charge on any atom is -0.466 e. The third-order valence-electron chi connectivity index (χ3n) is 6.30.